The highest BCUT2D eigenvalue weighted by molar-refractivity contribution is 7.87. The normalized spacial score (nSPS) is 15.0. The molecule has 1 aliphatic rings. The number of hydrogen-bond acceptors (Lipinski definition) is 6. The first-order valence-electron chi connectivity index (χ1n) is 9.20. The minimum absolute atomic E-state index is 0.0562. The summed E-state index contributed by atoms with van der Waals surface area (Å²) in [6.45, 7) is 1.86. The van der Waals surface area contributed by atoms with Gasteiger partial charge in [-0.25, -0.2) is 14.2 Å². The van der Waals surface area contributed by atoms with Gasteiger partial charge in [0.15, 0.2) is 5.70 Å². The number of halogens is 1. The lowest BCUT2D eigenvalue weighted by molar-refractivity contribution is -0.129. The lowest BCUT2D eigenvalue weighted by atomic mass is 10.2. The molecule has 0 bridgehead atoms. The van der Waals surface area contributed by atoms with Gasteiger partial charge in [-0.1, -0.05) is 29.8 Å². The Labute approximate surface area is 178 Å². The van der Waals surface area contributed by atoms with Gasteiger partial charge < -0.3 is 8.92 Å². The van der Waals surface area contributed by atoms with Gasteiger partial charge >= 0.3 is 16.1 Å². The Kier molecular flexibility index (Phi) is 5.39. The maximum atomic E-state index is 13.1. The van der Waals surface area contributed by atoms with Crippen molar-refractivity contribution in [3.05, 3.63) is 101 Å². The van der Waals surface area contributed by atoms with E-state index < -0.39 is 21.9 Å². The van der Waals surface area contributed by atoms with Crippen molar-refractivity contribution in [3.8, 4) is 5.75 Å². The third-order valence-corrected chi connectivity index (χ3v) is 5.67. The van der Waals surface area contributed by atoms with Crippen molar-refractivity contribution in [3.63, 3.8) is 0 Å². The number of hydrogen-bond donors (Lipinski definition) is 0. The summed E-state index contributed by atoms with van der Waals surface area (Å²) in [5.41, 5.74) is 2.08. The highest BCUT2D eigenvalue weighted by Gasteiger charge is 2.24. The van der Waals surface area contributed by atoms with Crippen LogP contribution in [0.3, 0.4) is 0 Å². The van der Waals surface area contributed by atoms with Crippen molar-refractivity contribution >= 4 is 28.1 Å². The topological polar surface area (TPSA) is 82.0 Å². The van der Waals surface area contributed by atoms with E-state index in [-0.39, 0.29) is 22.2 Å². The second-order valence-electron chi connectivity index (χ2n) is 6.76. The van der Waals surface area contributed by atoms with Crippen molar-refractivity contribution < 1.29 is 26.5 Å². The highest BCUT2D eigenvalue weighted by atomic mass is 32.2. The van der Waals surface area contributed by atoms with Gasteiger partial charge in [0, 0.05) is 5.56 Å². The monoisotopic (exact) mass is 437 g/mol. The summed E-state index contributed by atoms with van der Waals surface area (Å²) in [6.07, 6.45) is 1.50. The molecule has 3 aromatic carbocycles. The first-order chi connectivity index (χ1) is 14.8. The van der Waals surface area contributed by atoms with Crippen LogP contribution >= 0.6 is 0 Å². The molecular weight excluding hydrogens is 421 g/mol. The Morgan fingerprint density at radius 2 is 1.58 bits per heavy atom. The standard InChI is InChI=1S/C23H16FNO5S/c1-15-2-12-20(13-3-15)31(27,28)30-19-10-4-16(5-11-19)14-21-23(26)29-22(25-21)17-6-8-18(24)9-7-17/h2-14H,1H3. The van der Waals surface area contributed by atoms with Gasteiger partial charge in [0.05, 0.1) is 0 Å². The second-order valence-corrected chi connectivity index (χ2v) is 8.31. The molecule has 4 rings (SSSR count). The van der Waals surface area contributed by atoms with Gasteiger partial charge in [-0.3, -0.25) is 0 Å². The van der Waals surface area contributed by atoms with Gasteiger partial charge in [0.25, 0.3) is 0 Å². The van der Waals surface area contributed by atoms with Crippen LogP contribution in [-0.2, 0) is 19.6 Å². The van der Waals surface area contributed by atoms with Gasteiger partial charge in [-0.05, 0) is 67.1 Å². The van der Waals surface area contributed by atoms with E-state index in [0.717, 1.165) is 5.56 Å². The summed E-state index contributed by atoms with van der Waals surface area (Å²) in [5, 5.41) is 0. The van der Waals surface area contributed by atoms with Crippen LogP contribution in [0.1, 0.15) is 16.7 Å². The van der Waals surface area contributed by atoms with Crippen LogP contribution in [0, 0.1) is 12.7 Å². The zero-order valence-corrected chi connectivity index (χ0v) is 17.1. The van der Waals surface area contributed by atoms with E-state index >= 15 is 0 Å². The summed E-state index contributed by atoms with van der Waals surface area (Å²) >= 11 is 0. The molecule has 6 nitrogen and oxygen atoms in total. The number of rotatable bonds is 5. The molecule has 0 radical (unpaired) electrons. The fraction of sp³-hybridized carbons (Fsp3) is 0.0435. The Bertz CT molecular complexity index is 1290. The van der Waals surface area contributed by atoms with Crippen LogP contribution in [0.15, 0.2) is 88.4 Å². The van der Waals surface area contributed by atoms with Crippen LogP contribution in [-0.4, -0.2) is 20.3 Å². The first kappa shape index (κ1) is 20.5. The number of benzene rings is 3. The molecule has 1 aliphatic heterocycles. The SMILES string of the molecule is Cc1ccc(S(=O)(=O)Oc2ccc(C=C3N=C(c4ccc(F)cc4)OC3=O)cc2)cc1. The number of carbonyl (C=O) groups excluding carboxylic acids is 1. The summed E-state index contributed by atoms with van der Waals surface area (Å²) < 4.78 is 48.1. The summed E-state index contributed by atoms with van der Waals surface area (Å²) in [6, 6.07) is 17.9. The van der Waals surface area contributed by atoms with Gasteiger partial charge in [0.1, 0.15) is 16.5 Å². The Balaban J connectivity index is 1.51. The van der Waals surface area contributed by atoms with Crippen molar-refractivity contribution in [1.82, 2.24) is 0 Å². The minimum atomic E-state index is -3.95. The molecule has 0 unspecified atom stereocenters. The van der Waals surface area contributed by atoms with E-state index in [1.165, 1.54) is 54.6 Å². The number of esters is 1. The van der Waals surface area contributed by atoms with Crippen LogP contribution in [0.25, 0.3) is 6.08 Å². The molecule has 0 aromatic heterocycles. The highest BCUT2D eigenvalue weighted by Crippen LogP contribution is 2.23. The number of cyclic esters (lactones) is 1. The summed E-state index contributed by atoms with van der Waals surface area (Å²) in [4.78, 5) is 16.3. The fourth-order valence-corrected chi connectivity index (χ4v) is 3.71. The number of aryl methyl sites for hydroxylation is 1. The van der Waals surface area contributed by atoms with Gasteiger partial charge in [0.2, 0.25) is 5.90 Å². The zero-order chi connectivity index (χ0) is 22.0. The van der Waals surface area contributed by atoms with E-state index in [0.29, 0.717) is 11.1 Å². The van der Waals surface area contributed by atoms with E-state index in [9.17, 15) is 17.6 Å². The Morgan fingerprint density at radius 3 is 2.23 bits per heavy atom. The molecule has 3 aromatic rings. The molecule has 0 saturated carbocycles. The molecule has 0 fully saturated rings. The summed E-state index contributed by atoms with van der Waals surface area (Å²) in [5.74, 6) is -0.828. The zero-order valence-electron chi connectivity index (χ0n) is 16.3. The molecule has 0 spiro atoms. The van der Waals surface area contributed by atoms with E-state index in [2.05, 4.69) is 4.99 Å². The van der Waals surface area contributed by atoms with Crippen LogP contribution in [0.2, 0.25) is 0 Å². The van der Waals surface area contributed by atoms with Crippen LogP contribution < -0.4 is 4.18 Å². The smallest absolute Gasteiger partial charge is 0.363 e. The number of aliphatic imine (C=N–C) groups is 1. The molecule has 0 saturated heterocycles. The quantitative estimate of drug-likeness (QED) is 0.339. The Morgan fingerprint density at radius 1 is 0.935 bits per heavy atom. The third kappa shape index (κ3) is 4.70. The number of carbonyl (C=O) groups is 1. The van der Waals surface area contributed by atoms with E-state index in [1.54, 1.807) is 24.3 Å². The van der Waals surface area contributed by atoms with Crippen molar-refractivity contribution in [2.45, 2.75) is 11.8 Å². The molecule has 156 valence electrons. The fourth-order valence-electron chi connectivity index (χ4n) is 2.78. The largest absolute Gasteiger partial charge is 0.402 e. The predicted molar refractivity (Wildman–Crippen MR) is 112 cm³/mol. The molecule has 1 heterocycles. The van der Waals surface area contributed by atoms with Crippen molar-refractivity contribution in [1.29, 1.82) is 0 Å². The lowest BCUT2D eigenvalue weighted by Gasteiger charge is -2.07. The molecule has 31 heavy (non-hydrogen) atoms. The molecule has 0 aliphatic carbocycles. The van der Waals surface area contributed by atoms with E-state index in [4.69, 9.17) is 8.92 Å². The number of nitrogens with zero attached hydrogens (tertiary/aromatic N) is 1. The molecule has 8 heteroatoms. The molecule has 0 N–H and O–H groups in total. The Hall–Kier alpha value is -3.78. The van der Waals surface area contributed by atoms with Crippen molar-refractivity contribution in [2.75, 3.05) is 0 Å². The first-order valence-corrected chi connectivity index (χ1v) is 10.6. The van der Waals surface area contributed by atoms with E-state index in [1.807, 2.05) is 6.92 Å². The third-order valence-electron chi connectivity index (χ3n) is 4.41. The summed E-state index contributed by atoms with van der Waals surface area (Å²) in [7, 11) is -3.95. The maximum absolute atomic E-state index is 13.1. The number of ether oxygens (including phenoxy) is 1. The van der Waals surface area contributed by atoms with Crippen LogP contribution in [0.5, 0.6) is 5.75 Å². The molecule has 0 atom stereocenters. The predicted octanol–water partition coefficient (Wildman–Crippen LogP) is 4.25. The van der Waals surface area contributed by atoms with Crippen molar-refractivity contribution in [2.24, 2.45) is 4.99 Å². The van der Waals surface area contributed by atoms with Crippen LogP contribution in [0.4, 0.5) is 4.39 Å². The molecule has 0 amide bonds. The maximum Gasteiger partial charge on any atom is 0.363 e. The van der Waals surface area contributed by atoms with Gasteiger partial charge in [-0.15, -0.1) is 0 Å². The lowest BCUT2D eigenvalue weighted by Crippen LogP contribution is -2.09. The van der Waals surface area contributed by atoms with Gasteiger partial charge in [-0.2, -0.15) is 8.42 Å². The average molecular weight is 437 g/mol. The second kappa shape index (κ2) is 8.16. The minimum Gasteiger partial charge on any atom is -0.402 e. The average Bonchev–Trinajstić information content (AvgIpc) is 3.10. The molecular formula is C23H16FNO5S.